The quantitative estimate of drug-likeness (QED) is 0.711. The molecule has 1 N–H and O–H groups in total. The first-order chi connectivity index (χ1) is 6.20. The van der Waals surface area contributed by atoms with Crippen molar-refractivity contribution in [3.05, 3.63) is 30.2 Å². The molecule has 0 radical (unpaired) electrons. The van der Waals surface area contributed by atoms with Gasteiger partial charge in [-0.3, -0.25) is 0 Å². The number of hydrogen-bond donors (Lipinski definition) is 1. The van der Waals surface area contributed by atoms with Crippen molar-refractivity contribution >= 4 is 16.9 Å². The molecule has 0 aliphatic rings. The van der Waals surface area contributed by atoms with E-state index < -0.39 is 5.97 Å². The maximum absolute atomic E-state index is 10.8. The lowest BCUT2D eigenvalue weighted by molar-refractivity contribution is 0.0692. The van der Waals surface area contributed by atoms with E-state index in [2.05, 4.69) is 4.98 Å². The molecular weight excluding hydrogens is 168 g/mol. The van der Waals surface area contributed by atoms with Crippen molar-refractivity contribution < 1.29 is 9.90 Å². The maximum atomic E-state index is 10.8. The van der Waals surface area contributed by atoms with Crippen molar-refractivity contribution in [1.82, 2.24) is 9.55 Å². The summed E-state index contributed by atoms with van der Waals surface area (Å²) in [5.74, 6) is -0.993. The smallest absolute Gasteiger partial charge is 0.356 e. The highest BCUT2D eigenvalue weighted by atomic mass is 16.4. The lowest BCUT2D eigenvalue weighted by atomic mass is 10.2. The Labute approximate surface area is 74.4 Å². The summed E-state index contributed by atoms with van der Waals surface area (Å²) in [5.41, 5.74) is 0.764. The summed E-state index contributed by atoms with van der Waals surface area (Å²) in [6.45, 7) is 0. The number of hydrogen-bond acceptors (Lipinski definition) is 2. The fourth-order valence-corrected chi connectivity index (χ4v) is 1.40. The predicted molar refractivity (Wildman–Crippen MR) is 47.7 cm³/mol. The number of rotatable bonds is 1. The summed E-state index contributed by atoms with van der Waals surface area (Å²) < 4.78 is 1.76. The Morgan fingerprint density at radius 3 is 3.00 bits per heavy atom. The van der Waals surface area contributed by atoms with Gasteiger partial charge in [-0.15, -0.1) is 0 Å². The van der Waals surface area contributed by atoms with Gasteiger partial charge in [-0.1, -0.05) is 0 Å². The highest BCUT2D eigenvalue weighted by Gasteiger charge is 2.11. The van der Waals surface area contributed by atoms with Crippen LogP contribution in [0.4, 0.5) is 0 Å². The molecule has 4 heteroatoms. The number of aryl methyl sites for hydroxylation is 1. The largest absolute Gasteiger partial charge is 0.476 e. The van der Waals surface area contributed by atoms with Gasteiger partial charge < -0.3 is 9.67 Å². The standard InChI is InChI=1S/C9H8N2O2/c1-11-5-3-6-2-4-10-7(8(6)11)9(12)13/h2-5H,1H3,(H,12,13). The van der Waals surface area contributed by atoms with Crippen LogP contribution in [0, 0.1) is 0 Å². The Kier molecular flexibility index (Phi) is 1.55. The average molecular weight is 176 g/mol. The van der Waals surface area contributed by atoms with Crippen molar-refractivity contribution in [1.29, 1.82) is 0 Å². The third-order valence-corrected chi connectivity index (χ3v) is 1.99. The summed E-state index contributed by atoms with van der Waals surface area (Å²) in [4.78, 5) is 14.6. The molecule has 0 aliphatic carbocycles. The Morgan fingerprint density at radius 1 is 1.54 bits per heavy atom. The first kappa shape index (κ1) is 7.79. The number of nitrogens with zero attached hydrogens (tertiary/aromatic N) is 2. The summed E-state index contributed by atoms with van der Waals surface area (Å²) in [5, 5.41) is 9.75. The molecular formula is C9H8N2O2. The van der Waals surface area contributed by atoms with Gasteiger partial charge in [0.15, 0.2) is 5.69 Å². The predicted octanol–water partition coefficient (Wildman–Crippen LogP) is 1.27. The zero-order valence-corrected chi connectivity index (χ0v) is 7.06. The Balaban J connectivity index is 2.88. The summed E-state index contributed by atoms with van der Waals surface area (Å²) in [7, 11) is 1.80. The Bertz CT molecular complexity index is 473. The molecule has 0 saturated heterocycles. The third-order valence-electron chi connectivity index (χ3n) is 1.99. The molecule has 0 spiro atoms. The van der Waals surface area contributed by atoms with Gasteiger partial charge in [0.1, 0.15) is 0 Å². The molecule has 66 valence electrons. The van der Waals surface area contributed by atoms with Gasteiger partial charge in [0, 0.05) is 24.8 Å². The van der Waals surface area contributed by atoms with E-state index in [1.807, 2.05) is 12.3 Å². The number of pyridine rings is 1. The molecule has 0 atom stereocenters. The Morgan fingerprint density at radius 2 is 2.31 bits per heavy atom. The van der Waals surface area contributed by atoms with Crippen LogP contribution >= 0.6 is 0 Å². The van der Waals surface area contributed by atoms with Crippen LogP contribution in [0.5, 0.6) is 0 Å². The second-order valence-electron chi connectivity index (χ2n) is 2.83. The first-order valence-electron chi connectivity index (χ1n) is 3.83. The fourth-order valence-electron chi connectivity index (χ4n) is 1.40. The minimum atomic E-state index is -0.993. The van der Waals surface area contributed by atoms with Crippen LogP contribution in [0.15, 0.2) is 24.5 Å². The van der Waals surface area contributed by atoms with E-state index in [4.69, 9.17) is 5.11 Å². The molecule has 13 heavy (non-hydrogen) atoms. The van der Waals surface area contributed by atoms with Gasteiger partial charge >= 0.3 is 5.97 Å². The minimum Gasteiger partial charge on any atom is -0.476 e. The molecule has 4 nitrogen and oxygen atoms in total. The molecule has 2 aromatic rings. The van der Waals surface area contributed by atoms with Crippen molar-refractivity contribution in [3.8, 4) is 0 Å². The van der Waals surface area contributed by atoms with E-state index in [1.54, 1.807) is 17.7 Å². The van der Waals surface area contributed by atoms with Gasteiger partial charge in [0.05, 0.1) is 5.52 Å². The molecule has 2 aromatic heterocycles. The highest BCUT2D eigenvalue weighted by molar-refractivity contribution is 6.00. The molecule has 0 fully saturated rings. The normalized spacial score (nSPS) is 10.5. The number of fused-ring (bicyclic) bond motifs is 1. The summed E-state index contributed by atoms with van der Waals surface area (Å²) in [6, 6.07) is 3.66. The second kappa shape index (κ2) is 2.58. The van der Waals surface area contributed by atoms with E-state index in [0.29, 0.717) is 5.52 Å². The summed E-state index contributed by atoms with van der Waals surface area (Å²) >= 11 is 0. The zero-order chi connectivity index (χ0) is 9.42. The van der Waals surface area contributed by atoms with Gasteiger partial charge in [0.2, 0.25) is 0 Å². The maximum Gasteiger partial charge on any atom is 0.356 e. The van der Waals surface area contributed by atoms with E-state index in [-0.39, 0.29) is 5.69 Å². The monoisotopic (exact) mass is 176 g/mol. The van der Waals surface area contributed by atoms with E-state index >= 15 is 0 Å². The molecule has 0 amide bonds. The third kappa shape index (κ3) is 1.07. The second-order valence-corrected chi connectivity index (χ2v) is 2.83. The van der Waals surface area contributed by atoms with E-state index in [0.717, 1.165) is 5.39 Å². The topological polar surface area (TPSA) is 55.1 Å². The Hall–Kier alpha value is -1.84. The molecule has 0 aromatic carbocycles. The molecule has 0 bridgehead atoms. The number of aromatic carboxylic acids is 1. The van der Waals surface area contributed by atoms with Crippen molar-refractivity contribution in [2.24, 2.45) is 7.05 Å². The van der Waals surface area contributed by atoms with Gasteiger partial charge in [0.25, 0.3) is 0 Å². The molecule has 0 saturated carbocycles. The van der Waals surface area contributed by atoms with E-state index in [9.17, 15) is 4.79 Å². The van der Waals surface area contributed by atoms with Crippen LogP contribution in [0.3, 0.4) is 0 Å². The number of carbonyl (C=O) groups is 1. The van der Waals surface area contributed by atoms with Crippen LogP contribution < -0.4 is 0 Å². The summed E-state index contributed by atoms with van der Waals surface area (Å²) in [6.07, 6.45) is 3.32. The van der Waals surface area contributed by atoms with Crippen molar-refractivity contribution in [3.63, 3.8) is 0 Å². The van der Waals surface area contributed by atoms with Crippen LogP contribution in [0.2, 0.25) is 0 Å². The lowest BCUT2D eigenvalue weighted by Crippen LogP contribution is -2.03. The fraction of sp³-hybridized carbons (Fsp3) is 0.111. The number of aromatic nitrogens is 2. The SMILES string of the molecule is Cn1ccc2ccnc(C(=O)O)c21. The average Bonchev–Trinajstić information content (AvgIpc) is 2.48. The van der Waals surface area contributed by atoms with Crippen LogP contribution in [0.1, 0.15) is 10.5 Å². The van der Waals surface area contributed by atoms with Gasteiger partial charge in [-0.2, -0.15) is 0 Å². The van der Waals surface area contributed by atoms with Gasteiger partial charge in [-0.25, -0.2) is 9.78 Å². The van der Waals surface area contributed by atoms with Crippen molar-refractivity contribution in [2.75, 3.05) is 0 Å². The number of carboxylic acid groups (broad SMARTS) is 1. The van der Waals surface area contributed by atoms with Crippen LogP contribution in [-0.2, 0) is 7.05 Å². The van der Waals surface area contributed by atoms with Crippen LogP contribution in [0.25, 0.3) is 10.9 Å². The number of carboxylic acids is 1. The lowest BCUT2D eigenvalue weighted by Gasteiger charge is -1.99. The first-order valence-corrected chi connectivity index (χ1v) is 3.83. The molecule has 0 aliphatic heterocycles. The van der Waals surface area contributed by atoms with Gasteiger partial charge in [-0.05, 0) is 12.1 Å². The minimum absolute atomic E-state index is 0.102. The van der Waals surface area contributed by atoms with Crippen LogP contribution in [-0.4, -0.2) is 20.6 Å². The van der Waals surface area contributed by atoms with E-state index in [1.165, 1.54) is 6.20 Å². The highest BCUT2D eigenvalue weighted by Crippen LogP contribution is 2.16. The molecule has 2 heterocycles. The zero-order valence-electron chi connectivity index (χ0n) is 7.06. The molecule has 2 rings (SSSR count). The van der Waals surface area contributed by atoms with Crippen molar-refractivity contribution in [2.45, 2.75) is 0 Å². The molecule has 0 unspecified atom stereocenters.